The van der Waals surface area contributed by atoms with E-state index in [0.29, 0.717) is 31.0 Å². The number of aromatic nitrogens is 1. The first-order valence-corrected chi connectivity index (χ1v) is 11.5. The molecule has 1 aliphatic heterocycles. The molecule has 0 fully saturated rings. The van der Waals surface area contributed by atoms with Crippen LogP contribution >= 0.6 is 22.9 Å². The minimum Gasteiger partial charge on any atom is -0.382 e. The van der Waals surface area contributed by atoms with E-state index in [2.05, 4.69) is 4.98 Å². The van der Waals surface area contributed by atoms with Crippen molar-refractivity contribution in [2.24, 2.45) is 0 Å². The van der Waals surface area contributed by atoms with Crippen LogP contribution in [-0.2, 0) is 35.5 Å². The highest BCUT2D eigenvalue weighted by molar-refractivity contribution is 7.11. The number of hydrogen-bond donors (Lipinski definition) is 2. The van der Waals surface area contributed by atoms with Crippen molar-refractivity contribution in [3.8, 4) is 0 Å². The Morgan fingerprint density at radius 3 is 2.38 bits per heavy atom. The molecule has 0 saturated heterocycles. The Kier molecular flexibility index (Phi) is 7.01. The normalized spacial score (nSPS) is 14.8. The van der Waals surface area contributed by atoms with Gasteiger partial charge in [-0.25, -0.2) is 4.98 Å². The highest BCUT2D eigenvalue weighted by Crippen LogP contribution is 2.25. The van der Waals surface area contributed by atoms with Crippen molar-refractivity contribution in [2.75, 3.05) is 0 Å². The van der Waals surface area contributed by atoms with Gasteiger partial charge < -0.3 is 15.1 Å². The number of fused-ring (bicyclic) bond motifs is 1. The average molecular weight is 471 g/mol. The van der Waals surface area contributed by atoms with Crippen LogP contribution in [-0.4, -0.2) is 44.0 Å². The van der Waals surface area contributed by atoms with Crippen LogP contribution in [0.5, 0.6) is 0 Å². The van der Waals surface area contributed by atoms with Crippen LogP contribution in [0.1, 0.15) is 33.0 Å². The van der Waals surface area contributed by atoms with E-state index < -0.39 is 23.9 Å². The molecular weight excluding hydrogens is 448 g/mol. The van der Waals surface area contributed by atoms with E-state index in [4.69, 9.17) is 11.6 Å². The summed E-state index contributed by atoms with van der Waals surface area (Å²) in [5.41, 5.74) is 3.01. The Morgan fingerprint density at radius 2 is 1.69 bits per heavy atom. The van der Waals surface area contributed by atoms with E-state index in [1.54, 1.807) is 6.20 Å². The maximum absolute atomic E-state index is 12.6. The molecule has 4 rings (SSSR count). The van der Waals surface area contributed by atoms with Gasteiger partial charge in [0.25, 0.3) is 5.91 Å². The summed E-state index contributed by atoms with van der Waals surface area (Å²) in [6, 6.07) is 15.2. The zero-order chi connectivity index (χ0) is 22.7. The third kappa shape index (κ3) is 5.07. The molecule has 0 bridgehead atoms. The van der Waals surface area contributed by atoms with Gasteiger partial charge in [-0.3, -0.25) is 9.59 Å². The molecule has 0 spiro atoms. The standard InChI is InChI=1S/C24H23ClN2O4S/c25-19-8-4-3-5-15(19)11-18-12-26-21(32-18)10-9-20(28)22(29)23(30)24(31)27-13-16-6-1-2-7-17(16)14-27/h1-8,12,22-23,29-30H,9-11,13-14H2/t22-,23+/m0/s1. The van der Waals surface area contributed by atoms with Crippen molar-refractivity contribution in [3.63, 3.8) is 0 Å². The van der Waals surface area contributed by atoms with E-state index in [-0.39, 0.29) is 6.42 Å². The fourth-order valence-electron chi connectivity index (χ4n) is 3.74. The van der Waals surface area contributed by atoms with Crippen LogP contribution in [0.3, 0.4) is 0 Å². The number of benzene rings is 2. The van der Waals surface area contributed by atoms with E-state index in [1.807, 2.05) is 48.5 Å². The largest absolute Gasteiger partial charge is 0.382 e. The number of aryl methyl sites for hydroxylation is 1. The molecule has 0 saturated carbocycles. The first kappa shape index (κ1) is 22.6. The van der Waals surface area contributed by atoms with Gasteiger partial charge in [-0.05, 0) is 22.8 Å². The lowest BCUT2D eigenvalue weighted by molar-refractivity contribution is -0.152. The summed E-state index contributed by atoms with van der Waals surface area (Å²) >= 11 is 7.68. The number of carbonyl (C=O) groups is 2. The molecule has 1 aromatic heterocycles. The van der Waals surface area contributed by atoms with Crippen molar-refractivity contribution < 1.29 is 19.8 Å². The molecular formula is C24H23ClN2O4S. The maximum Gasteiger partial charge on any atom is 0.255 e. The van der Waals surface area contributed by atoms with Crippen LogP contribution in [0.4, 0.5) is 0 Å². The Balaban J connectivity index is 1.29. The van der Waals surface area contributed by atoms with Gasteiger partial charge in [-0.1, -0.05) is 54.1 Å². The molecule has 2 N–H and O–H groups in total. The summed E-state index contributed by atoms with van der Waals surface area (Å²) in [6.45, 7) is 0.723. The SMILES string of the molecule is O=C(CCc1ncc(Cc2ccccc2Cl)s1)[C@H](O)[C@@H](O)C(=O)N1Cc2ccccc2C1. The second kappa shape index (κ2) is 9.92. The van der Waals surface area contributed by atoms with E-state index in [9.17, 15) is 19.8 Å². The number of ketones is 1. The number of amides is 1. The van der Waals surface area contributed by atoms with Crippen molar-refractivity contribution >= 4 is 34.6 Å². The number of hydrogen-bond acceptors (Lipinski definition) is 6. The number of halogens is 1. The molecule has 6 nitrogen and oxygen atoms in total. The number of aliphatic hydroxyl groups excluding tert-OH is 2. The maximum atomic E-state index is 12.6. The molecule has 1 amide bonds. The molecule has 1 aliphatic rings. The quantitative estimate of drug-likeness (QED) is 0.527. The molecule has 32 heavy (non-hydrogen) atoms. The predicted octanol–water partition coefficient (Wildman–Crippen LogP) is 3.15. The predicted molar refractivity (Wildman–Crippen MR) is 122 cm³/mol. The molecule has 2 heterocycles. The van der Waals surface area contributed by atoms with Gasteiger partial charge in [0, 0.05) is 48.4 Å². The monoisotopic (exact) mass is 470 g/mol. The van der Waals surface area contributed by atoms with Gasteiger partial charge in [0.1, 0.15) is 6.10 Å². The second-order valence-electron chi connectivity index (χ2n) is 7.81. The summed E-state index contributed by atoms with van der Waals surface area (Å²) in [5.74, 6) is -1.22. The van der Waals surface area contributed by atoms with E-state index in [0.717, 1.165) is 26.6 Å². The molecule has 0 radical (unpaired) electrons. The van der Waals surface area contributed by atoms with Gasteiger partial charge in [0.2, 0.25) is 0 Å². The zero-order valence-corrected chi connectivity index (χ0v) is 18.9. The number of aliphatic hydroxyl groups is 2. The molecule has 2 atom stereocenters. The Hall–Kier alpha value is -2.58. The van der Waals surface area contributed by atoms with Gasteiger partial charge in [0.05, 0.1) is 5.01 Å². The lowest BCUT2D eigenvalue weighted by atomic mass is 10.0. The first-order valence-electron chi connectivity index (χ1n) is 10.3. The topological polar surface area (TPSA) is 90.7 Å². The van der Waals surface area contributed by atoms with Gasteiger partial charge >= 0.3 is 0 Å². The zero-order valence-electron chi connectivity index (χ0n) is 17.3. The smallest absolute Gasteiger partial charge is 0.255 e. The molecule has 0 unspecified atom stereocenters. The number of nitrogens with zero attached hydrogens (tertiary/aromatic N) is 2. The second-order valence-corrected chi connectivity index (χ2v) is 9.41. The van der Waals surface area contributed by atoms with E-state index >= 15 is 0 Å². The summed E-state index contributed by atoms with van der Waals surface area (Å²) in [4.78, 5) is 31.8. The summed E-state index contributed by atoms with van der Waals surface area (Å²) in [5, 5.41) is 22.0. The van der Waals surface area contributed by atoms with Crippen LogP contribution in [0, 0.1) is 0 Å². The fourth-order valence-corrected chi connectivity index (χ4v) is 4.89. The minimum atomic E-state index is -1.77. The third-order valence-electron chi connectivity index (χ3n) is 5.54. The summed E-state index contributed by atoms with van der Waals surface area (Å²) in [7, 11) is 0. The fraction of sp³-hybridized carbons (Fsp3) is 0.292. The molecule has 2 aromatic carbocycles. The number of rotatable bonds is 8. The molecule has 0 aliphatic carbocycles. The molecule has 166 valence electrons. The van der Waals surface area contributed by atoms with Crippen molar-refractivity contribution in [1.29, 1.82) is 0 Å². The highest BCUT2D eigenvalue weighted by atomic mass is 35.5. The summed E-state index contributed by atoms with van der Waals surface area (Å²) < 4.78 is 0. The van der Waals surface area contributed by atoms with Crippen LogP contribution in [0.2, 0.25) is 5.02 Å². The lowest BCUT2D eigenvalue weighted by Crippen LogP contribution is -2.46. The lowest BCUT2D eigenvalue weighted by Gasteiger charge is -2.22. The minimum absolute atomic E-state index is 0.00915. The molecule has 3 aromatic rings. The Labute approximate surface area is 195 Å². The Morgan fingerprint density at radius 1 is 1.03 bits per heavy atom. The van der Waals surface area contributed by atoms with Gasteiger partial charge in [-0.2, -0.15) is 0 Å². The number of thiazole rings is 1. The Bertz CT molecular complexity index is 1110. The van der Waals surface area contributed by atoms with Crippen molar-refractivity contribution in [3.05, 3.63) is 86.3 Å². The summed E-state index contributed by atoms with van der Waals surface area (Å²) in [6.07, 6.45) is -0.797. The third-order valence-corrected chi connectivity index (χ3v) is 6.97. The van der Waals surface area contributed by atoms with Crippen LogP contribution in [0.15, 0.2) is 54.7 Å². The average Bonchev–Trinajstić information content (AvgIpc) is 3.44. The molecule has 8 heteroatoms. The van der Waals surface area contributed by atoms with Gasteiger partial charge in [0.15, 0.2) is 11.9 Å². The number of carbonyl (C=O) groups excluding carboxylic acids is 2. The van der Waals surface area contributed by atoms with Crippen LogP contribution in [0.25, 0.3) is 0 Å². The van der Waals surface area contributed by atoms with Crippen molar-refractivity contribution in [1.82, 2.24) is 9.88 Å². The number of Topliss-reactive ketones (excluding diaryl/α,β-unsaturated/α-hetero) is 1. The first-order chi connectivity index (χ1) is 15.4. The highest BCUT2D eigenvalue weighted by Gasteiger charge is 2.35. The van der Waals surface area contributed by atoms with Crippen LogP contribution < -0.4 is 0 Å². The van der Waals surface area contributed by atoms with Crippen molar-refractivity contribution in [2.45, 2.75) is 44.6 Å². The van der Waals surface area contributed by atoms with E-state index in [1.165, 1.54) is 16.2 Å². The van der Waals surface area contributed by atoms with Gasteiger partial charge in [-0.15, -0.1) is 11.3 Å².